The fourth-order valence-corrected chi connectivity index (χ4v) is 2.74. The average molecular weight is 340 g/mol. The molecular formula is C17H22ClNO4. The van der Waals surface area contributed by atoms with Crippen molar-refractivity contribution in [2.24, 2.45) is 0 Å². The molecule has 0 unspecified atom stereocenters. The molecule has 1 amide bonds. The van der Waals surface area contributed by atoms with Crippen LogP contribution >= 0.6 is 11.6 Å². The van der Waals surface area contributed by atoms with E-state index in [4.69, 9.17) is 21.1 Å². The van der Waals surface area contributed by atoms with Crippen molar-refractivity contribution < 1.29 is 19.1 Å². The first-order chi connectivity index (χ1) is 10.8. The number of nitrogens with one attached hydrogen (secondary N) is 1. The number of halogens is 1. The molecule has 0 radical (unpaired) electrons. The molecule has 1 aromatic carbocycles. The Bertz CT molecular complexity index is 591. The van der Waals surface area contributed by atoms with E-state index in [-0.39, 0.29) is 12.0 Å². The van der Waals surface area contributed by atoms with Gasteiger partial charge in [0.25, 0.3) is 0 Å². The molecule has 1 fully saturated rings. The lowest BCUT2D eigenvalue weighted by atomic mass is 9.64. The van der Waals surface area contributed by atoms with Gasteiger partial charge in [0.1, 0.15) is 5.60 Å². The smallest absolute Gasteiger partial charge is 0.412 e. The van der Waals surface area contributed by atoms with Crippen LogP contribution in [0.5, 0.6) is 0 Å². The molecule has 0 atom stereocenters. The van der Waals surface area contributed by atoms with E-state index in [0.717, 1.165) is 24.8 Å². The molecule has 0 heterocycles. The first-order valence-corrected chi connectivity index (χ1v) is 8.14. The van der Waals surface area contributed by atoms with Crippen molar-refractivity contribution in [2.45, 2.75) is 51.0 Å². The van der Waals surface area contributed by atoms with Crippen molar-refractivity contribution in [1.29, 1.82) is 0 Å². The van der Waals surface area contributed by atoms with Gasteiger partial charge in [-0.25, -0.2) is 4.79 Å². The Labute approximate surface area is 141 Å². The van der Waals surface area contributed by atoms with E-state index in [9.17, 15) is 9.59 Å². The van der Waals surface area contributed by atoms with E-state index in [1.165, 1.54) is 0 Å². The summed E-state index contributed by atoms with van der Waals surface area (Å²) in [6.07, 6.45) is 1.87. The van der Waals surface area contributed by atoms with Crippen molar-refractivity contribution in [3.63, 3.8) is 0 Å². The Morgan fingerprint density at radius 3 is 2.52 bits per heavy atom. The third-order valence-corrected chi connectivity index (χ3v) is 3.95. The number of hydrogen-bond acceptors (Lipinski definition) is 4. The summed E-state index contributed by atoms with van der Waals surface area (Å²) in [5, 5.41) is 2.69. The van der Waals surface area contributed by atoms with Crippen LogP contribution in [0.4, 0.5) is 10.5 Å². The standard InChI is InChI=1S/C17H22ClNO4/c1-16(2,3)23-15(21)19-13-7-4-6-12(10-13)17(8-5-9-17)14(20)22-11-18/h4,6-7,10H,5,8-9,11H2,1-3H3,(H,19,21). The van der Waals surface area contributed by atoms with Gasteiger partial charge in [-0.3, -0.25) is 10.1 Å². The summed E-state index contributed by atoms with van der Waals surface area (Å²) in [5.74, 6) is -0.312. The van der Waals surface area contributed by atoms with E-state index in [0.29, 0.717) is 5.69 Å². The second-order valence-electron chi connectivity index (χ2n) is 6.68. The van der Waals surface area contributed by atoms with Crippen molar-refractivity contribution in [2.75, 3.05) is 11.4 Å². The van der Waals surface area contributed by atoms with E-state index in [1.54, 1.807) is 39.0 Å². The summed E-state index contributed by atoms with van der Waals surface area (Å²) in [7, 11) is 0. The van der Waals surface area contributed by atoms with Gasteiger partial charge in [-0.05, 0) is 51.3 Å². The summed E-state index contributed by atoms with van der Waals surface area (Å²) in [6, 6.07) is 7.06. The second-order valence-corrected chi connectivity index (χ2v) is 6.90. The Balaban J connectivity index is 2.16. The van der Waals surface area contributed by atoms with Crippen LogP contribution in [-0.2, 0) is 19.7 Å². The van der Waals surface area contributed by atoms with Gasteiger partial charge in [0.15, 0.2) is 6.07 Å². The molecule has 126 valence electrons. The summed E-state index contributed by atoms with van der Waals surface area (Å²) in [4.78, 5) is 24.1. The van der Waals surface area contributed by atoms with Gasteiger partial charge in [-0.15, -0.1) is 0 Å². The highest BCUT2D eigenvalue weighted by Gasteiger charge is 2.47. The zero-order chi connectivity index (χ0) is 17.1. The van der Waals surface area contributed by atoms with Crippen LogP contribution in [0.15, 0.2) is 24.3 Å². The van der Waals surface area contributed by atoms with E-state index >= 15 is 0 Å². The van der Waals surface area contributed by atoms with Gasteiger partial charge < -0.3 is 9.47 Å². The molecule has 0 aromatic heterocycles. The number of ether oxygens (including phenoxy) is 2. The number of rotatable bonds is 4. The molecule has 1 aliphatic rings. The number of amides is 1. The molecule has 0 spiro atoms. The molecule has 1 N–H and O–H groups in total. The van der Waals surface area contributed by atoms with Crippen LogP contribution in [0.3, 0.4) is 0 Å². The van der Waals surface area contributed by atoms with Crippen LogP contribution in [-0.4, -0.2) is 23.7 Å². The number of benzene rings is 1. The van der Waals surface area contributed by atoms with Gasteiger partial charge in [-0.1, -0.05) is 30.2 Å². The molecule has 5 nitrogen and oxygen atoms in total. The highest BCUT2D eigenvalue weighted by atomic mass is 35.5. The lowest BCUT2D eigenvalue weighted by molar-refractivity contribution is -0.152. The summed E-state index contributed by atoms with van der Waals surface area (Å²) < 4.78 is 10.2. The average Bonchev–Trinajstić information content (AvgIpc) is 2.35. The zero-order valence-electron chi connectivity index (χ0n) is 13.6. The second kappa shape index (κ2) is 6.79. The lowest BCUT2D eigenvalue weighted by Gasteiger charge is -2.39. The van der Waals surface area contributed by atoms with E-state index < -0.39 is 17.1 Å². The normalized spacial score (nSPS) is 16.2. The molecule has 0 bridgehead atoms. The minimum absolute atomic E-state index is 0.156. The van der Waals surface area contributed by atoms with Gasteiger partial charge in [0.05, 0.1) is 5.41 Å². The van der Waals surface area contributed by atoms with Crippen LogP contribution in [0.25, 0.3) is 0 Å². The maximum absolute atomic E-state index is 12.3. The zero-order valence-corrected chi connectivity index (χ0v) is 14.4. The minimum Gasteiger partial charge on any atom is -0.449 e. The summed E-state index contributed by atoms with van der Waals surface area (Å²) >= 11 is 5.52. The van der Waals surface area contributed by atoms with Crippen molar-refractivity contribution in [3.05, 3.63) is 29.8 Å². The number of alkyl halides is 1. The predicted octanol–water partition coefficient (Wildman–Crippen LogP) is 4.19. The number of esters is 1. The fourth-order valence-electron chi connectivity index (χ4n) is 2.64. The van der Waals surface area contributed by atoms with Gasteiger partial charge in [0.2, 0.25) is 0 Å². The maximum atomic E-state index is 12.3. The number of carbonyl (C=O) groups excluding carboxylic acids is 2. The Morgan fingerprint density at radius 2 is 2.00 bits per heavy atom. The van der Waals surface area contributed by atoms with Gasteiger partial charge >= 0.3 is 12.1 Å². The Hall–Kier alpha value is -1.75. The molecule has 1 saturated carbocycles. The summed E-state index contributed by atoms with van der Waals surface area (Å²) in [5.41, 5.74) is 0.191. The monoisotopic (exact) mass is 339 g/mol. The van der Waals surface area contributed by atoms with Crippen molar-refractivity contribution in [1.82, 2.24) is 0 Å². The van der Waals surface area contributed by atoms with Crippen LogP contribution in [0.1, 0.15) is 45.6 Å². The van der Waals surface area contributed by atoms with E-state index in [2.05, 4.69) is 5.32 Å². The number of anilines is 1. The SMILES string of the molecule is CC(C)(C)OC(=O)Nc1cccc(C2(C(=O)OCCl)CCC2)c1. The molecule has 1 aromatic rings. The number of carbonyl (C=O) groups is 2. The van der Waals surface area contributed by atoms with Crippen LogP contribution in [0.2, 0.25) is 0 Å². The van der Waals surface area contributed by atoms with Gasteiger partial charge in [-0.2, -0.15) is 0 Å². The highest BCUT2D eigenvalue weighted by molar-refractivity contribution is 6.17. The molecular weight excluding hydrogens is 318 g/mol. The highest BCUT2D eigenvalue weighted by Crippen LogP contribution is 2.45. The molecule has 0 saturated heterocycles. The van der Waals surface area contributed by atoms with Gasteiger partial charge in [0, 0.05) is 5.69 Å². The van der Waals surface area contributed by atoms with E-state index in [1.807, 2.05) is 6.07 Å². The minimum atomic E-state index is -0.652. The fraction of sp³-hybridized carbons (Fsp3) is 0.529. The topological polar surface area (TPSA) is 64.6 Å². The summed E-state index contributed by atoms with van der Waals surface area (Å²) in [6.45, 7) is 5.40. The molecule has 1 aliphatic carbocycles. The third kappa shape index (κ3) is 4.16. The number of hydrogen-bond donors (Lipinski definition) is 1. The molecule has 0 aliphatic heterocycles. The Kier molecular flexibility index (Phi) is 5.19. The molecule has 2 rings (SSSR count). The van der Waals surface area contributed by atoms with Crippen molar-refractivity contribution >= 4 is 29.4 Å². The predicted molar refractivity (Wildman–Crippen MR) is 88.6 cm³/mol. The first kappa shape index (κ1) is 17.6. The Morgan fingerprint density at radius 1 is 1.30 bits per heavy atom. The quantitative estimate of drug-likeness (QED) is 0.659. The largest absolute Gasteiger partial charge is 0.449 e. The molecule has 23 heavy (non-hydrogen) atoms. The maximum Gasteiger partial charge on any atom is 0.412 e. The first-order valence-electron chi connectivity index (χ1n) is 7.61. The lowest BCUT2D eigenvalue weighted by Crippen LogP contribution is -2.43. The molecule has 6 heteroatoms. The van der Waals surface area contributed by atoms with Crippen LogP contribution < -0.4 is 5.32 Å². The van der Waals surface area contributed by atoms with Crippen LogP contribution in [0, 0.1) is 0 Å². The van der Waals surface area contributed by atoms with Crippen molar-refractivity contribution in [3.8, 4) is 0 Å². The third-order valence-electron chi connectivity index (χ3n) is 3.84.